The van der Waals surface area contributed by atoms with Crippen LogP contribution in [0.1, 0.15) is 11.4 Å². The summed E-state index contributed by atoms with van der Waals surface area (Å²) in [6, 6.07) is 15.3. The van der Waals surface area contributed by atoms with E-state index in [1.54, 1.807) is 18.2 Å². The van der Waals surface area contributed by atoms with Gasteiger partial charge in [0.15, 0.2) is 17.3 Å². The number of morpholine rings is 1. The number of halogens is 1. The highest BCUT2D eigenvalue weighted by molar-refractivity contribution is 9.10. The van der Waals surface area contributed by atoms with Crippen molar-refractivity contribution in [1.82, 2.24) is 14.8 Å². The number of para-hydroxylation sites is 1. The first kappa shape index (κ1) is 20.9. The number of anilines is 1. The molecule has 1 saturated heterocycles. The lowest BCUT2D eigenvalue weighted by molar-refractivity contribution is 0.122. The van der Waals surface area contributed by atoms with Gasteiger partial charge < -0.3 is 19.5 Å². The summed E-state index contributed by atoms with van der Waals surface area (Å²) in [6.07, 6.45) is 1.69. The molecule has 0 saturated carbocycles. The molecule has 3 aromatic rings. The number of phenolic OH excluding ortho intramolecular Hbond substituents is 1. The number of hydrogen-bond acceptors (Lipinski definition) is 7. The van der Waals surface area contributed by atoms with Crippen LogP contribution in [0.2, 0.25) is 0 Å². The van der Waals surface area contributed by atoms with E-state index < -0.39 is 0 Å². The minimum atomic E-state index is 0.000198. The van der Waals surface area contributed by atoms with Gasteiger partial charge in [0.1, 0.15) is 6.07 Å². The van der Waals surface area contributed by atoms with E-state index in [-0.39, 0.29) is 5.75 Å². The minimum absolute atomic E-state index is 0.000198. The fourth-order valence-electron chi connectivity index (χ4n) is 3.38. The molecule has 2 heterocycles. The fraction of sp³-hybridized carbons (Fsp3) is 0.227. The number of hydrogen-bond donors (Lipinski definition) is 1. The third-order valence-electron chi connectivity index (χ3n) is 4.90. The summed E-state index contributed by atoms with van der Waals surface area (Å²) in [6.45, 7) is 2.61. The van der Waals surface area contributed by atoms with Crippen molar-refractivity contribution in [3.05, 3.63) is 58.3 Å². The average Bonchev–Trinajstić information content (AvgIpc) is 3.25. The van der Waals surface area contributed by atoms with Crippen LogP contribution in [0.3, 0.4) is 0 Å². The first-order valence-corrected chi connectivity index (χ1v) is 10.4. The Bertz CT molecular complexity index is 1150. The molecule has 0 radical (unpaired) electrons. The highest BCUT2D eigenvalue weighted by atomic mass is 79.9. The molecule has 1 fully saturated rings. The highest BCUT2D eigenvalue weighted by Gasteiger charge is 2.23. The van der Waals surface area contributed by atoms with E-state index in [2.05, 4.69) is 37.1 Å². The Labute approximate surface area is 188 Å². The van der Waals surface area contributed by atoms with Crippen LogP contribution in [0.25, 0.3) is 17.3 Å². The van der Waals surface area contributed by atoms with Gasteiger partial charge in [-0.1, -0.05) is 18.2 Å². The Morgan fingerprint density at radius 2 is 1.97 bits per heavy atom. The molecule has 1 N–H and O–H groups in total. The van der Waals surface area contributed by atoms with Crippen molar-refractivity contribution in [3.8, 4) is 23.3 Å². The smallest absolute Gasteiger partial charge is 0.232 e. The predicted octanol–water partition coefficient (Wildman–Crippen LogP) is 3.64. The Hall–Kier alpha value is -3.35. The second kappa shape index (κ2) is 9.20. The van der Waals surface area contributed by atoms with E-state index in [1.807, 2.05) is 34.9 Å². The van der Waals surface area contributed by atoms with E-state index in [1.165, 1.54) is 7.11 Å². The second-order valence-electron chi connectivity index (χ2n) is 6.82. The number of benzene rings is 2. The summed E-state index contributed by atoms with van der Waals surface area (Å²) in [5, 5.41) is 28.8. The maximum Gasteiger partial charge on any atom is 0.232 e. The van der Waals surface area contributed by atoms with Crippen molar-refractivity contribution in [2.24, 2.45) is 0 Å². The van der Waals surface area contributed by atoms with Crippen LogP contribution in [0.5, 0.6) is 11.5 Å². The minimum Gasteiger partial charge on any atom is -0.503 e. The molecule has 1 aliphatic heterocycles. The van der Waals surface area contributed by atoms with Gasteiger partial charge in [0.05, 0.1) is 36.1 Å². The van der Waals surface area contributed by atoms with Crippen LogP contribution in [-0.2, 0) is 4.74 Å². The van der Waals surface area contributed by atoms with Gasteiger partial charge in [-0.2, -0.15) is 5.26 Å². The molecule has 8 nitrogen and oxygen atoms in total. The van der Waals surface area contributed by atoms with E-state index in [9.17, 15) is 10.4 Å². The lowest BCUT2D eigenvalue weighted by Gasteiger charge is -2.28. The molecule has 31 heavy (non-hydrogen) atoms. The molecule has 0 unspecified atom stereocenters. The molecule has 1 aliphatic rings. The van der Waals surface area contributed by atoms with Crippen molar-refractivity contribution >= 4 is 33.5 Å². The molecule has 9 heteroatoms. The predicted molar refractivity (Wildman–Crippen MR) is 120 cm³/mol. The number of nitrogens with zero attached hydrogens (tertiary/aromatic N) is 5. The van der Waals surface area contributed by atoms with E-state index in [4.69, 9.17) is 9.47 Å². The summed E-state index contributed by atoms with van der Waals surface area (Å²) in [5.41, 5.74) is 1.86. The van der Waals surface area contributed by atoms with Gasteiger partial charge in [-0.25, -0.2) is 0 Å². The van der Waals surface area contributed by atoms with Crippen molar-refractivity contribution in [2.45, 2.75) is 0 Å². The molecule has 158 valence electrons. The molecule has 0 spiro atoms. The maximum absolute atomic E-state index is 10.1. The number of allylic oxidation sites excluding steroid dienone is 1. The van der Waals surface area contributed by atoms with Crippen LogP contribution in [-0.4, -0.2) is 53.3 Å². The topological polar surface area (TPSA) is 96.4 Å². The Morgan fingerprint density at radius 3 is 2.65 bits per heavy atom. The number of methoxy groups -OCH3 is 1. The number of ether oxygens (including phenoxy) is 2. The van der Waals surface area contributed by atoms with Crippen LogP contribution < -0.4 is 9.64 Å². The van der Waals surface area contributed by atoms with Gasteiger partial charge in [0, 0.05) is 13.1 Å². The van der Waals surface area contributed by atoms with Crippen LogP contribution in [0, 0.1) is 11.3 Å². The lowest BCUT2D eigenvalue weighted by Crippen LogP contribution is -2.38. The maximum atomic E-state index is 10.1. The van der Waals surface area contributed by atoms with Gasteiger partial charge in [-0.05, 0) is 51.8 Å². The molecule has 0 bridgehead atoms. The van der Waals surface area contributed by atoms with E-state index in [0.29, 0.717) is 59.4 Å². The molecule has 4 rings (SSSR count). The average molecular weight is 482 g/mol. The number of phenols is 1. The zero-order valence-electron chi connectivity index (χ0n) is 16.8. The zero-order valence-corrected chi connectivity index (χ0v) is 18.4. The quantitative estimate of drug-likeness (QED) is 0.555. The summed E-state index contributed by atoms with van der Waals surface area (Å²) >= 11 is 3.32. The van der Waals surface area contributed by atoms with Crippen LogP contribution in [0.15, 0.2) is 46.9 Å². The van der Waals surface area contributed by atoms with Gasteiger partial charge in [0.25, 0.3) is 0 Å². The van der Waals surface area contributed by atoms with Crippen molar-refractivity contribution in [3.63, 3.8) is 0 Å². The third kappa shape index (κ3) is 4.26. The van der Waals surface area contributed by atoms with E-state index >= 15 is 0 Å². The highest BCUT2D eigenvalue weighted by Crippen LogP contribution is 2.36. The molecular formula is C22H20BrN5O3. The Kier molecular flexibility index (Phi) is 6.21. The Balaban J connectivity index is 1.84. The number of aromatic nitrogens is 3. The van der Waals surface area contributed by atoms with Crippen molar-refractivity contribution in [1.29, 1.82) is 5.26 Å². The first-order chi connectivity index (χ1) is 15.1. The SMILES string of the molecule is COc1cc(/C=C(\C#N)c2nnc(N3CCOCC3)n2-c2ccccc2)cc(Br)c1O. The molecule has 0 atom stereocenters. The van der Waals surface area contributed by atoms with Crippen LogP contribution >= 0.6 is 15.9 Å². The molecule has 2 aromatic carbocycles. The summed E-state index contributed by atoms with van der Waals surface area (Å²) in [7, 11) is 1.47. The molecule has 1 aromatic heterocycles. The number of nitriles is 1. The second-order valence-corrected chi connectivity index (χ2v) is 7.67. The van der Waals surface area contributed by atoms with Gasteiger partial charge in [0.2, 0.25) is 5.95 Å². The zero-order chi connectivity index (χ0) is 21.8. The first-order valence-electron chi connectivity index (χ1n) is 9.64. The Morgan fingerprint density at radius 1 is 1.23 bits per heavy atom. The summed E-state index contributed by atoms with van der Waals surface area (Å²) in [4.78, 5) is 2.10. The standard InChI is InChI=1S/C22H20BrN5O3/c1-30-19-13-15(12-18(23)20(19)29)11-16(14-24)21-25-26-22(27-7-9-31-10-8-27)28(21)17-5-3-2-4-6-17/h2-6,11-13,29H,7-10H2,1H3/b16-11+. The molecular weight excluding hydrogens is 462 g/mol. The van der Waals surface area contributed by atoms with Gasteiger partial charge in [-0.15, -0.1) is 10.2 Å². The summed E-state index contributed by atoms with van der Waals surface area (Å²) in [5.74, 6) is 1.39. The van der Waals surface area contributed by atoms with Crippen molar-refractivity contribution in [2.75, 3.05) is 38.3 Å². The van der Waals surface area contributed by atoms with Crippen LogP contribution in [0.4, 0.5) is 5.95 Å². The third-order valence-corrected chi connectivity index (χ3v) is 5.50. The lowest BCUT2D eigenvalue weighted by atomic mass is 10.1. The number of aromatic hydroxyl groups is 1. The van der Waals surface area contributed by atoms with Gasteiger partial charge >= 0.3 is 0 Å². The fourth-order valence-corrected chi connectivity index (χ4v) is 3.84. The van der Waals surface area contributed by atoms with E-state index in [0.717, 1.165) is 5.69 Å². The van der Waals surface area contributed by atoms with Crippen molar-refractivity contribution < 1.29 is 14.6 Å². The normalized spacial score (nSPS) is 14.4. The largest absolute Gasteiger partial charge is 0.503 e. The number of rotatable bonds is 5. The summed E-state index contributed by atoms with van der Waals surface area (Å²) < 4.78 is 13.0. The molecule has 0 aliphatic carbocycles. The monoisotopic (exact) mass is 481 g/mol. The molecule has 0 amide bonds. The van der Waals surface area contributed by atoms with Gasteiger partial charge in [-0.3, -0.25) is 4.57 Å².